The highest BCUT2D eigenvalue weighted by Crippen LogP contribution is 2.30. The first kappa shape index (κ1) is 14.2. The summed E-state index contributed by atoms with van der Waals surface area (Å²) in [4.78, 5) is 24.5. The Kier molecular flexibility index (Phi) is 4.12. The third-order valence-corrected chi connectivity index (χ3v) is 3.33. The first-order valence-corrected chi connectivity index (χ1v) is 6.63. The summed E-state index contributed by atoms with van der Waals surface area (Å²) in [6.07, 6.45) is 2.31. The molecular formula is C14H18N2O4. The Balaban J connectivity index is 2.04. The number of phenolic OH excluding ortho intramolecular Hbond substituents is 1. The van der Waals surface area contributed by atoms with Crippen LogP contribution in [0.2, 0.25) is 0 Å². The first-order chi connectivity index (χ1) is 9.51. The molecule has 1 aromatic carbocycles. The predicted molar refractivity (Wildman–Crippen MR) is 74.1 cm³/mol. The van der Waals surface area contributed by atoms with Crippen LogP contribution in [0.15, 0.2) is 18.2 Å². The zero-order chi connectivity index (χ0) is 14.7. The third-order valence-electron chi connectivity index (χ3n) is 3.33. The average molecular weight is 278 g/mol. The van der Waals surface area contributed by atoms with Gasteiger partial charge in [-0.05, 0) is 43.9 Å². The topological polar surface area (TPSA) is 89.9 Å². The Bertz CT molecular complexity index is 526. The first-order valence-electron chi connectivity index (χ1n) is 6.63. The van der Waals surface area contributed by atoms with Crippen molar-refractivity contribution in [2.75, 3.05) is 18.4 Å². The number of nitrogens with one attached hydrogen (secondary N) is 1. The van der Waals surface area contributed by atoms with Crippen molar-refractivity contribution in [2.45, 2.75) is 19.8 Å². The predicted octanol–water partition coefficient (Wildman–Crippen LogP) is 2.35. The fourth-order valence-corrected chi connectivity index (χ4v) is 1.93. The molecule has 1 aliphatic rings. The van der Waals surface area contributed by atoms with Gasteiger partial charge in [-0.15, -0.1) is 0 Å². The average Bonchev–Trinajstić information content (AvgIpc) is 3.21. The number of carboxylic acids is 1. The van der Waals surface area contributed by atoms with E-state index in [-0.39, 0.29) is 23.0 Å². The summed E-state index contributed by atoms with van der Waals surface area (Å²) in [5.74, 6) is -0.786. The van der Waals surface area contributed by atoms with Gasteiger partial charge in [0, 0.05) is 13.1 Å². The molecule has 0 spiro atoms. The highest BCUT2D eigenvalue weighted by Gasteiger charge is 2.26. The monoisotopic (exact) mass is 278 g/mol. The summed E-state index contributed by atoms with van der Waals surface area (Å²) in [5.41, 5.74) is 0.195. The molecule has 2 amide bonds. The number of rotatable bonds is 5. The number of urea groups is 1. The van der Waals surface area contributed by atoms with Gasteiger partial charge < -0.3 is 20.4 Å². The molecule has 108 valence electrons. The van der Waals surface area contributed by atoms with Gasteiger partial charge >= 0.3 is 12.0 Å². The summed E-state index contributed by atoms with van der Waals surface area (Å²) >= 11 is 0. The van der Waals surface area contributed by atoms with Gasteiger partial charge in [-0.3, -0.25) is 0 Å². The molecule has 3 N–H and O–H groups in total. The molecule has 0 bridgehead atoms. The summed E-state index contributed by atoms with van der Waals surface area (Å²) in [6, 6.07) is 3.57. The van der Waals surface area contributed by atoms with E-state index < -0.39 is 5.97 Å². The van der Waals surface area contributed by atoms with Crippen LogP contribution in [0.3, 0.4) is 0 Å². The Hall–Kier alpha value is -2.24. The zero-order valence-corrected chi connectivity index (χ0v) is 11.3. The molecule has 2 rings (SSSR count). The maximum atomic E-state index is 12.1. The van der Waals surface area contributed by atoms with Gasteiger partial charge in [-0.2, -0.15) is 0 Å². The largest absolute Gasteiger partial charge is 0.506 e. The molecule has 0 saturated heterocycles. The highest BCUT2D eigenvalue weighted by atomic mass is 16.4. The summed E-state index contributed by atoms with van der Waals surface area (Å²) in [5, 5.41) is 21.2. The van der Waals surface area contributed by atoms with Crippen molar-refractivity contribution in [1.82, 2.24) is 4.90 Å². The van der Waals surface area contributed by atoms with Crippen molar-refractivity contribution in [3.05, 3.63) is 23.8 Å². The summed E-state index contributed by atoms with van der Waals surface area (Å²) in [7, 11) is 0. The van der Waals surface area contributed by atoms with Crippen LogP contribution in [0, 0.1) is 5.92 Å². The van der Waals surface area contributed by atoms with E-state index >= 15 is 0 Å². The van der Waals surface area contributed by atoms with Crippen molar-refractivity contribution in [3.63, 3.8) is 0 Å². The molecule has 0 unspecified atom stereocenters. The molecule has 20 heavy (non-hydrogen) atoms. The van der Waals surface area contributed by atoms with Crippen LogP contribution in [0.25, 0.3) is 0 Å². The van der Waals surface area contributed by atoms with Crippen molar-refractivity contribution in [1.29, 1.82) is 0 Å². The van der Waals surface area contributed by atoms with E-state index in [1.54, 1.807) is 4.90 Å². The molecule has 0 heterocycles. The van der Waals surface area contributed by atoms with Crippen LogP contribution >= 0.6 is 0 Å². The number of amides is 2. The van der Waals surface area contributed by atoms with Crippen molar-refractivity contribution >= 4 is 17.7 Å². The van der Waals surface area contributed by atoms with E-state index in [0.717, 1.165) is 25.5 Å². The number of hydrogen-bond donors (Lipinski definition) is 3. The minimum absolute atomic E-state index is 0.0224. The normalized spacial score (nSPS) is 13.8. The van der Waals surface area contributed by atoms with E-state index in [9.17, 15) is 14.7 Å². The highest BCUT2D eigenvalue weighted by molar-refractivity contribution is 5.93. The smallest absolute Gasteiger partial charge is 0.335 e. The Morgan fingerprint density at radius 3 is 2.60 bits per heavy atom. The second kappa shape index (κ2) is 5.81. The molecule has 0 aromatic heterocycles. The van der Waals surface area contributed by atoms with Gasteiger partial charge in [-0.1, -0.05) is 0 Å². The number of phenols is 1. The molecule has 0 aliphatic heterocycles. The Labute approximate surface area is 117 Å². The van der Waals surface area contributed by atoms with Crippen LogP contribution in [0.5, 0.6) is 5.75 Å². The maximum Gasteiger partial charge on any atom is 0.335 e. The lowest BCUT2D eigenvalue weighted by Crippen LogP contribution is -2.36. The van der Waals surface area contributed by atoms with E-state index in [2.05, 4.69) is 5.32 Å². The maximum absolute atomic E-state index is 12.1. The second-order valence-electron chi connectivity index (χ2n) is 4.95. The number of carboxylic acid groups (broad SMARTS) is 1. The number of benzene rings is 1. The van der Waals surface area contributed by atoms with Gasteiger partial charge in [-0.25, -0.2) is 9.59 Å². The quantitative estimate of drug-likeness (QED) is 0.721. The van der Waals surface area contributed by atoms with Crippen molar-refractivity contribution < 1.29 is 19.8 Å². The van der Waals surface area contributed by atoms with Gasteiger partial charge in [0.05, 0.1) is 11.3 Å². The van der Waals surface area contributed by atoms with Gasteiger partial charge in [0.15, 0.2) is 0 Å². The molecule has 1 aliphatic carbocycles. The van der Waals surface area contributed by atoms with Crippen LogP contribution in [-0.2, 0) is 0 Å². The lowest BCUT2D eigenvalue weighted by atomic mass is 10.2. The number of hydrogen-bond acceptors (Lipinski definition) is 3. The Morgan fingerprint density at radius 2 is 2.10 bits per heavy atom. The molecule has 0 radical (unpaired) electrons. The fourth-order valence-electron chi connectivity index (χ4n) is 1.93. The minimum Gasteiger partial charge on any atom is -0.506 e. The second-order valence-corrected chi connectivity index (χ2v) is 4.95. The van der Waals surface area contributed by atoms with Crippen LogP contribution in [-0.4, -0.2) is 40.2 Å². The molecule has 6 heteroatoms. The van der Waals surface area contributed by atoms with Gasteiger partial charge in [0.2, 0.25) is 0 Å². The standard InChI is InChI=1S/C14H18N2O4/c1-2-16(8-9-3-4-9)14(20)15-11-6-5-10(13(18)19)7-12(11)17/h5-7,9,17H,2-4,8H2,1H3,(H,15,20)(H,18,19). The molecule has 1 aromatic rings. The molecular weight excluding hydrogens is 260 g/mol. The number of aromatic carboxylic acids is 1. The van der Waals surface area contributed by atoms with Crippen LogP contribution < -0.4 is 5.32 Å². The number of anilines is 1. The number of carbonyl (C=O) groups excluding carboxylic acids is 1. The van der Waals surface area contributed by atoms with Gasteiger partial charge in [0.1, 0.15) is 5.75 Å². The SMILES string of the molecule is CCN(CC1CC1)C(=O)Nc1ccc(C(=O)O)cc1O. The third kappa shape index (κ3) is 3.40. The van der Waals surface area contributed by atoms with E-state index in [0.29, 0.717) is 12.5 Å². The molecule has 1 fully saturated rings. The molecule has 1 saturated carbocycles. The summed E-state index contributed by atoms with van der Waals surface area (Å²) < 4.78 is 0. The van der Waals surface area contributed by atoms with E-state index in [1.807, 2.05) is 6.92 Å². The number of nitrogens with zero attached hydrogens (tertiary/aromatic N) is 1. The minimum atomic E-state index is -1.12. The molecule has 0 atom stereocenters. The zero-order valence-electron chi connectivity index (χ0n) is 11.3. The summed E-state index contributed by atoms with van der Waals surface area (Å²) in [6.45, 7) is 3.21. The fraction of sp³-hybridized carbons (Fsp3) is 0.429. The van der Waals surface area contributed by atoms with E-state index in [1.165, 1.54) is 12.1 Å². The van der Waals surface area contributed by atoms with Crippen LogP contribution in [0.1, 0.15) is 30.1 Å². The van der Waals surface area contributed by atoms with Crippen LogP contribution in [0.4, 0.5) is 10.5 Å². The van der Waals surface area contributed by atoms with Crippen molar-refractivity contribution in [2.24, 2.45) is 5.92 Å². The number of carbonyl (C=O) groups is 2. The van der Waals surface area contributed by atoms with Gasteiger partial charge in [0.25, 0.3) is 0 Å². The van der Waals surface area contributed by atoms with E-state index in [4.69, 9.17) is 5.11 Å². The molecule has 6 nitrogen and oxygen atoms in total. The Morgan fingerprint density at radius 1 is 1.40 bits per heavy atom. The lowest BCUT2D eigenvalue weighted by molar-refractivity contribution is 0.0696. The number of aromatic hydroxyl groups is 1. The lowest BCUT2D eigenvalue weighted by Gasteiger charge is -2.21. The van der Waals surface area contributed by atoms with Crippen molar-refractivity contribution in [3.8, 4) is 5.75 Å².